The lowest BCUT2D eigenvalue weighted by Crippen LogP contribution is -2.14. The summed E-state index contributed by atoms with van der Waals surface area (Å²) in [6.07, 6.45) is 3.19. The molecule has 0 saturated carbocycles. The van der Waals surface area contributed by atoms with Crippen molar-refractivity contribution < 1.29 is 14.3 Å². The molecule has 0 unspecified atom stereocenters. The molecule has 0 aliphatic rings. The van der Waals surface area contributed by atoms with Gasteiger partial charge in [0.25, 0.3) is 0 Å². The Hall–Kier alpha value is -1.81. The Morgan fingerprint density at radius 3 is 2.68 bits per heavy atom. The van der Waals surface area contributed by atoms with Gasteiger partial charge in [0.2, 0.25) is 0 Å². The first-order valence-corrected chi connectivity index (χ1v) is 7.92. The summed E-state index contributed by atoms with van der Waals surface area (Å²) in [6, 6.07) is 7.47. The fourth-order valence-electron chi connectivity index (χ4n) is 2.47. The highest BCUT2D eigenvalue weighted by Gasteiger charge is 2.16. The monoisotopic (exact) mass is 304 g/mol. The van der Waals surface area contributed by atoms with Gasteiger partial charge in [0.1, 0.15) is 11.3 Å². The van der Waals surface area contributed by atoms with E-state index in [1.165, 1.54) is 0 Å². The second-order valence-electron chi connectivity index (χ2n) is 5.92. The molecule has 0 spiro atoms. The molecule has 2 aromatic rings. The smallest absolute Gasteiger partial charge is 0.343 e. The minimum Gasteiger partial charge on any atom is -0.492 e. The molecule has 0 radical (unpaired) electrons. The van der Waals surface area contributed by atoms with Crippen LogP contribution in [0.3, 0.4) is 0 Å². The van der Waals surface area contributed by atoms with Gasteiger partial charge < -0.3 is 14.3 Å². The van der Waals surface area contributed by atoms with Gasteiger partial charge in [0, 0.05) is 6.61 Å². The largest absolute Gasteiger partial charge is 0.492 e. The SMILES string of the molecule is CC(C)Cc1c(OCCCCCO)c2ccccc2oc1=O. The molecule has 22 heavy (non-hydrogen) atoms. The predicted octanol–water partition coefficient (Wildman–Crippen LogP) is 3.53. The standard InChI is InChI=1S/C18H24O4/c1-13(2)12-15-17(21-11-7-3-6-10-19)14-8-4-5-9-16(14)22-18(15)20/h4-5,8-9,13,19H,3,6-7,10-12H2,1-2H3. The third kappa shape index (κ3) is 4.10. The van der Waals surface area contributed by atoms with Crippen molar-refractivity contribution in [2.45, 2.75) is 39.5 Å². The number of unbranched alkanes of at least 4 members (excludes halogenated alkanes) is 2. The second-order valence-corrected chi connectivity index (χ2v) is 5.92. The van der Waals surface area contributed by atoms with Gasteiger partial charge in [0.15, 0.2) is 0 Å². The number of para-hydroxylation sites is 1. The summed E-state index contributed by atoms with van der Waals surface area (Å²) in [5.74, 6) is 1.00. The fourth-order valence-corrected chi connectivity index (χ4v) is 2.47. The van der Waals surface area contributed by atoms with Crippen LogP contribution in [0, 0.1) is 5.92 Å². The van der Waals surface area contributed by atoms with Gasteiger partial charge in [-0.3, -0.25) is 0 Å². The van der Waals surface area contributed by atoms with Gasteiger partial charge in [0.05, 0.1) is 17.6 Å². The van der Waals surface area contributed by atoms with Crippen molar-refractivity contribution in [2.24, 2.45) is 5.92 Å². The fraction of sp³-hybridized carbons (Fsp3) is 0.500. The van der Waals surface area contributed by atoms with Crippen molar-refractivity contribution in [3.63, 3.8) is 0 Å². The predicted molar refractivity (Wildman–Crippen MR) is 87.5 cm³/mol. The van der Waals surface area contributed by atoms with Crippen molar-refractivity contribution >= 4 is 11.0 Å². The molecule has 0 atom stereocenters. The minimum absolute atomic E-state index is 0.205. The normalized spacial score (nSPS) is 11.3. The van der Waals surface area contributed by atoms with E-state index in [4.69, 9.17) is 14.3 Å². The molecule has 0 saturated heterocycles. The van der Waals surface area contributed by atoms with Crippen LogP contribution in [-0.4, -0.2) is 18.3 Å². The van der Waals surface area contributed by atoms with Gasteiger partial charge in [-0.2, -0.15) is 0 Å². The van der Waals surface area contributed by atoms with Crippen LogP contribution in [0.25, 0.3) is 11.0 Å². The maximum absolute atomic E-state index is 12.2. The minimum atomic E-state index is -0.308. The third-order valence-electron chi connectivity index (χ3n) is 3.52. The van der Waals surface area contributed by atoms with E-state index in [1.807, 2.05) is 18.2 Å². The van der Waals surface area contributed by atoms with Gasteiger partial charge in [-0.25, -0.2) is 4.79 Å². The molecular weight excluding hydrogens is 280 g/mol. The lowest BCUT2D eigenvalue weighted by Gasteiger charge is -2.14. The van der Waals surface area contributed by atoms with Crippen molar-refractivity contribution in [3.8, 4) is 5.75 Å². The average molecular weight is 304 g/mol. The highest BCUT2D eigenvalue weighted by molar-refractivity contribution is 5.84. The average Bonchev–Trinajstić information content (AvgIpc) is 2.49. The molecule has 120 valence electrons. The first kappa shape index (κ1) is 16.6. The number of rotatable bonds is 8. The summed E-state index contributed by atoms with van der Waals surface area (Å²) >= 11 is 0. The Morgan fingerprint density at radius 1 is 1.18 bits per heavy atom. The Labute approximate surface area is 130 Å². The summed E-state index contributed by atoms with van der Waals surface area (Å²) in [7, 11) is 0. The highest BCUT2D eigenvalue weighted by Crippen LogP contribution is 2.29. The van der Waals surface area contributed by atoms with Crippen molar-refractivity contribution in [1.82, 2.24) is 0 Å². The van der Waals surface area contributed by atoms with E-state index in [9.17, 15) is 4.79 Å². The van der Waals surface area contributed by atoms with Crippen LogP contribution < -0.4 is 10.4 Å². The number of aliphatic hydroxyl groups excluding tert-OH is 1. The van der Waals surface area contributed by atoms with Gasteiger partial charge in [-0.05, 0) is 43.7 Å². The number of hydrogen-bond donors (Lipinski definition) is 1. The molecule has 0 bridgehead atoms. The van der Waals surface area contributed by atoms with E-state index in [-0.39, 0.29) is 12.2 Å². The Bertz CT molecular complexity index is 658. The van der Waals surface area contributed by atoms with Crippen LogP contribution >= 0.6 is 0 Å². The molecular formula is C18H24O4. The van der Waals surface area contributed by atoms with Crippen LogP contribution in [-0.2, 0) is 6.42 Å². The molecule has 4 heteroatoms. The number of aliphatic hydroxyl groups is 1. The summed E-state index contributed by atoms with van der Waals surface area (Å²) < 4.78 is 11.3. The van der Waals surface area contributed by atoms with Crippen LogP contribution in [0.2, 0.25) is 0 Å². The van der Waals surface area contributed by atoms with E-state index in [1.54, 1.807) is 6.07 Å². The maximum atomic E-state index is 12.2. The number of hydrogen-bond acceptors (Lipinski definition) is 4. The molecule has 0 amide bonds. The molecule has 1 aromatic heterocycles. The summed E-state index contributed by atoms with van der Waals surface area (Å²) in [6.45, 7) is 4.88. The van der Waals surface area contributed by atoms with Crippen LogP contribution in [0.15, 0.2) is 33.5 Å². The van der Waals surface area contributed by atoms with E-state index >= 15 is 0 Å². The summed E-state index contributed by atoms with van der Waals surface area (Å²) in [5.41, 5.74) is 0.874. The maximum Gasteiger partial charge on any atom is 0.343 e. The Balaban J connectivity index is 2.31. The molecule has 1 heterocycles. The molecule has 4 nitrogen and oxygen atoms in total. The molecule has 2 rings (SSSR count). The quantitative estimate of drug-likeness (QED) is 0.598. The van der Waals surface area contributed by atoms with Crippen LogP contribution in [0.5, 0.6) is 5.75 Å². The molecule has 0 aliphatic heterocycles. The van der Waals surface area contributed by atoms with Gasteiger partial charge >= 0.3 is 5.63 Å². The molecule has 0 aliphatic carbocycles. The zero-order valence-corrected chi connectivity index (χ0v) is 13.3. The Kier molecular flexibility index (Phi) is 6.01. The lowest BCUT2D eigenvalue weighted by molar-refractivity contribution is 0.265. The molecule has 1 aromatic carbocycles. The van der Waals surface area contributed by atoms with E-state index in [0.717, 1.165) is 24.6 Å². The zero-order valence-electron chi connectivity index (χ0n) is 13.3. The second kappa shape index (κ2) is 7.99. The van der Waals surface area contributed by atoms with Crippen molar-refractivity contribution in [2.75, 3.05) is 13.2 Å². The van der Waals surface area contributed by atoms with E-state index in [0.29, 0.717) is 35.8 Å². The van der Waals surface area contributed by atoms with Crippen molar-refractivity contribution in [3.05, 3.63) is 40.2 Å². The third-order valence-corrected chi connectivity index (χ3v) is 3.52. The zero-order chi connectivity index (χ0) is 15.9. The highest BCUT2D eigenvalue weighted by atomic mass is 16.5. The summed E-state index contributed by atoms with van der Waals surface area (Å²) in [4.78, 5) is 12.2. The molecule has 1 N–H and O–H groups in total. The molecule has 0 fully saturated rings. The number of benzene rings is 1. The topological polar surface area (TPSA) is 59.7 Å². The number of fused-ring (bicyclic) bond motifs is 1. The first-order chi connectivity index (χ1) is 10.6. The Morgan fingerprint density at radius 2 is 1.95 bits per heavy atom. The van der Waals surface area contributed by atoms with Gasteiger partial charge in [-0.1, -0.05) is 26.0 Å². The van der Waals surface area contributed by atoms with Crippen LogP contribution in [0.4, 0.5) is 0 Å². The lowest BCUT2D eigenvalue weighted by atomic mass is 10.0. The van der Waals surface area contributed by atoms with E-state index < -0.39 is 0 Å². The first-order valence-electron chi connectivity index (χ1n) is 7.92. The van der Waals surface area contributed by atoms with Crippen LogP contribution in [0.1, 0.15) is 38.7 Å². The van der Waals surface area contributed by atoms with E-state index in [2.05, 4.69) is 13.8 Å². The number of ether oxygens (including phenoxy) is 1. The van der Waals surface area contributed by atoms with Crippen molar-refractivity contribution in [1.29, 1.82) is 0 Å². The van der Waals surface area contributed by atoms with Gasteiger partial charge in [-0.15, -0.1) is 0 Å². The summed E-state index contributed by atoms with van der Waals surface area (Å²) in [5, 5.41) is 9.66.